The van der Waals surface area contributed by atoms with Gasteiger partial charge in [0.2, 0.25) is 0 Å². The van der Waals surface area contributed by atoms with Gasteiger partial charge in [-0.25, -0.2) is 0 Å². The molecule has 1 saturated carbocycles. The second kappa shape index (κ2) is 4.56. The Morgan fingerprint density at radius 2 is 1.80 bits per heavy atom. The Hall–Kier alpha value is -1.18. The third kappa shape index (κ3) is 2.44. The Morgan fingerprint density at radius 3 is 2.33 bits per heavy atom. The minimum atomic E-state index is 0.322. The first-order valence-electron chi connectivity index (χ1n) is 5.67. The molecular weight excluding hydrogens is 186 g/mol. The number of hydrogen-bond acceptors (Lipinski definition) is 2. The lowest BCUT2D eigenvalue weighted by molar-refractivity contribution is -0.121. The highest BCUT2D eigenvalue weighted by Gasteiger charge is 2.24. The van der Waals surface area contributed by atoms with Crippen molar-refractivity contribution in [1.82, 2.24) is 4.98 Å². The molecule has 0 N–H and O–H groups in total. The van der Waals surface area contributed by atoms with Crippen molar-refractivity contribution in [2.75, 3.05) is 0 Å². The predicted molar refractivity (Wildman–Crippen MR) is 59.6 cm³/mol. The summed E-state index contributed by atoms with van der Waals surface area (Å²) in [7, 11) is 0. The maximum absolute atomic E-state index is 11.2. The van der Waals surface area contributed by atoms with Crippen LogP contribution < -0.4 is 0 Å². The van der Waals surface area contributed by atoms with Crippen molar-refractivity contribution < 1.29 is 4.79 Å². The summed E-state index contributed by atoms with van der Waals surface area (Å²) >= 11 is 0. The summed E-state index contributed by atoms with van der Waals surface area (Å²) < 4.78 is 0. The fourth-order valence-electron chi connectivity index (χ4n) is 2.47. The van der Waals surface area contributed by atoms with Gasteiger partial charge in [0.05, 0.1) is 0 Å². The SMILES string of the molecule is CC(=O)C1CCC(c2ccncc2)CC1. The Balaban J connectivity index is 1.97. The quantitative estimate of drug-likeness (QED) is 0.739. The van der Waals surface area contributed by atoms with E-state index < -0.39 is 0 Å². The molecule has 80 valence electrons. The third-order valence-electron chi connectivity index (χ3n) is 3.48. The second-order valence-electron chi connectivity index (χ2n) is 4.44. The highest BCUT2D eigenvalue weighted by atomic mass is 16.1. The Morgan fingerprint density at radius 1 is 1.20 bits per heavy atom. The van der Waals surface area contributed by atoms with E-state index in [0.717, 1.165) is 25.7 Å². The maximum atomic E-state index is 11.2. The third-order valence-corrected chi connectivity index (χ3v) is 3.48. The summed E-state index contributed by atoms with van der Waals surface area (Å²) in [6.45, 7) is 1.72. The Labute approximate surface area is 90.7 Å². The molecule has 1 fully saturated rings. The van der Waals surface area contributed by atoms with Gasteiger partial charge in [-0.15, -0.1) is 0 Å². The number of Topliss-reactive ketones (excluding diaryl/α,β-unsaturated/α-hetero) is 1. The molecule has 0 spiro atoms. The fourth-order valence-corrected chi connectivity index (χ4v) is 2.47. The van der Waals surface area contributed by atoms with Crippen LogP contribution in [0.1, 0.15) is 44.1 Å². The molecule has 2 nitrogen and oxygen atoms in total. The highest BCUT2D eigenvalue weighted by molar-refractivity contribution is 5.78. The summed E-state index contributed by atoms with van der Waals surface area (Å²) in [6.07, 6.45) is 8.12. The molecule has 0 aliphatic heterocycles. The number of ketones is 1. The van der Waals surface area contributed by atoms with Crippen LogP contribution in [0.5, 0.6) is 0 Å². The number of rotatable bonds is 2. The topological polar surface area (TPSA) is 30.0 Å². The van der Waals surface area contributed by atoms with E-state index in [0.29, 0.717) is 17.6 Å². The van der Waals surface area contributed by atoms with Gasteiger partial charge in [0.25, 0.3) is 0 Å². The van der Waals surface area contributed by atoms with Gasteiger partial charge < -0.3 is 0 Å². The van der Waals surface area contributed by atoms with E-state index in [1.54, 1.807) is 6.92 Å². The minimum Gasteiger partial charge on any atom is -0.300 e. The maximum Gasteiger partial charge on any atom is 0.132 e. The van der Waals surface area contributed by atoms with Crippen molar-refractivity contribution in [3.63, 3.8) is 0 Å². The lowest BCUT2D eigenvalue weighted by Crippen LogP contribution is -2.18. The normalized spacial score (nSPS) is 26.2. The highest BCUT2D eigenvalue weighted by Crippen LogP contribution is 2.35. The molecule has 1 aromatic heterocycles. The summed E-state index contributed by atoms with van der Waals surface area (Å²) in [4.78, 5) is 15.3. The molecule has 2 heteroatoms. The summed E-state index contributed by atoms with van der Waals surface area (Å²) in [5.41, 5.74) is 1.38. The number of carbonyl (C=O) groups excluding carboxylic acids is 1. The van der Waals surface area contributed by atoms with E-state index in [-0.39, 0.29) is 0 Å². The number of aromatic nitrogens is 1. The van der Waals surface area contributed by atoms with Crippen LogP contribution in [0.25, 0.3) is 0 Å². The van der Waals surface area contributed by atoms with Gasteiger partial charge in [0.15, 0.2) is 0 Å². The molecule has 1 aromatic rings. The van der Waals surface area contributed by atoms with Gasteiger partial charge >= 0.3 is 0 Å². The lowest BCUT2D eigenvalue weighted by atomic mass is 9.78. The molecule has 0 unspecified atom stereocenters. The average molecular weight is 203 g/mol. The molecule has 15 heavy (non-hydrogen) atoms. The molecule has 0 atom stereocenters. The monoisotopic (exact) mass is 203 g/mol. The van der Waals surface area contributed by atoms with Gasteiger partial charge in [-0.1, -0.05) is 0 Å². The molecule has 0 radical (unpaired) electrons. The number of carbonyl (C=O) groups is 1. The zero-order chi connectivity index (χ0) is 10.7. The van der Waals surface area contributed by atoms with E-state index in [1.807, 2.05) is 12.4 Å². The van der Waals surface area contributed by atoms with Gasteiger partial charge in [-0.05, 0) is 56.2 Å². The first kappa shape index (κ1) is 10.3. The first-order valence-corrected chi connectivity index (χ1v) is 5.67. The molecule has 1 aliphatic carbocycles. The van der Waals surface area contributed by atoms with E-state index in [4.69, 9.17) is 0 Å². The standard InChI is InChI=1S/C13H17NO/c1-10(15)11-2-4-12(5-3-11)13-6-8-14-9-7-13/h6-9,11-12H,2-5H2,1H3. The van der Waals surface area contributed by atoms with Crippen molar-refractivity contribution in [3.8, 4) is 0 Å². The molecule has 0 bridgehead atoms. The number of pyridine rings is 1. The number of nitrogens with zero attached hydrogens (tertiary/aromatic N) is 1. The zero-order valence-electron chi connectivity index (χ0n) is 9.15. The van der Waals surface area contributed by atoms with Crippen LogP contribution in [-0.4, -0.2) is 10.8 Å². The van der Waals surface area contributed by atoms with E-state index in [1.165, 1.54) is 5.56 Å². The molecule has 0 aromatic carbocycles. The molecular formula is C13H17NO. The van der Waals surface area contributed by atoms with Crippen LogP contribution in [0.3, 0.4) is 0 Å². The smallest absolute Gasteiger partial charge is 0.132 e. The Bertz CT molecular complexity index is 326. The van der Waals surface area contributed by atoms with Crippen molar-refractivity contribution in [3.05, 3.63) is 30.1 Å². The van der Waals surface area contributed by atoms with Gasteiger partial charge in [-0.2, -0.15) is 0 Å². The molecule has 1 aliphatic rings. The van der Waals surface area contributed by atoms with Crippen LogP contribution in [-0.2, 0) is 4.79 Å². The van der Waals surface area contributed by atoms with Crippen LogP contribution in [0, 0.1) is 5.92 Å². The van der Waals surface area contributed by atoms with Gasteiger partial charge in [0, 0.05) is 18.3 Å². The van der Waals surface area contributed by atoms with Gasteiger partial charge in [-0.3, -0.25) is 9.78 Å². The zero-order valence-corrected chi connectivity index (χ0v) is 9.15. The molecule has 0 amide bonds. The lowest BCUT2D eigenvalue weighted by Gasteiger charge is -2.27. The first-order chi connectivity index (χ1) is 7.27. The minimum absolute atomic E-state index is 0.322. The summed E-state index contributed by atoms with van der Waals surface area (Å²) in [5.74, 6) is 1.33. The molecule has 1 heterocycles. The average Bonchev–Trinajstić information content (AvgIpc) is 2.30. The van der Waals surface area contributed by atoms with E-state index in [2.05, 4.69) is 17.1 Å². The van der Waals surface area contributed by atoms with Crippen molar-refractivity contribution in [2.24, 2.45) is 5.92 Å². The predicted octanol–water partition coefficient (Wildman–Crippen LogP) is 2.94. The van der Waals surface area contributed by atoms with Crippen LogP contribution in [0.15, 0.2) is 24.5 Å². The number of hydrogen-bond donors (Lipinski definition) is 0. The van der Waals surface area contributed by atoms with Crippen molar-refractivity contribution >= 4 is 5.78 Å². The van der Waals surface area contributed by atoms with E-state index in [9.17, 15) is 4.79 Å². The fraction of sp³-hybridized carbons (Fsp3) is 0.538. The van der Waals surface area contributed by atoms with Crippen molar-refractivity contribution in [1.29, 1.82) is 0 Å². The van der Waals surface area contributed by atoms with Gasteiger partial charge in [0.1, 0.15) is 5.78 Å². The van der Waals surface area contributed by atoms with Crippen LogP contribution in [0.4, 0.5) is 0 Å². The second-order valence-corrected chi connectivity index (χ2v) is 4.44. The van der Waals surface area contributed by atoms with E-state index >= 15 is 0 Å². The van der Waals surface area contributed by atoms with Crippen LogP contribution in [0.2, 0.25) is 0 Å². The Kier molecular flexibility index (Phi) is 3.14. The summed E-state index contributed by atoms with van der Waals surface area (Å²) in [5, 5.41) is 0. The summed E-state index contributed by atoms with van der Waals surface area (Å²) in [6, 6.07) is 4.19. The van der Waals surface area contributed by atoms with Crippen LogP contribution >= 0.6 is 0 Å². The molecule has 2 rings (SSSR count). The largest absolute Gasteiger partial charge is 0.300 e. The van der Waals surface area contributed by atoms with Crippen molar-refractivity contribution in [2.45, 2.75) is 38.5 Å². The molecule has 0 saturated heterocycles.